The number of aromatic amines is 1. The summed E-state index contributed by atoms with van der Waals surface area (Å²) in [5.74, 6) is 0.499. The molecule has 7 heteroatoms. The summed E-state index contributed by atoms with van der Waals surface area (Å²) in [6.45, 7) is 5.48. The summed E-state index contributed by atoms with van der Waals surface area (Å²) in [6, 6.07) is 0. The smallest absolute Gasteiger partial charge is 0.244 e. The summed E-state index contributed by atoms with van der Waals surface area (Å²) in [5, 5.41) is 9.94. The van der Waals surface area contributed by atoms with Crippen molar-refractivity contribution in [3.63, 3.8) is 0 Å². The number of nitrogens with zero attached hydrogens (tertiary/aromatic N) is 1. The Kier molecular flexibility index (Phi) is 4.59. The van der Waals surface area contributed by atoms with E-state index in [2.05, 4.69) is 20.2 Å². The number of hydrogen-bond donors (Lipinski definition) is 3. The van der Waals surface area contributed by atoms with E-state index in [-0.39, 0.29) is 0 Å². The van der Waals surface area contributed by atoms with E-state index in [1.807, 2.05) is 6.92 Å². The Morgan fingerprint density at radius 2 is 2.16 bits per heavy atom. The van der Waals surface area contributed by atoms with Gasteiger partial charge in [-0.1, -0.05) is 13.3 Å². The predicted octanol–water partition coefficient (Wildman–Crippen LogP) is 0.906. The zero-order valence-electron chi connectivity index (χ0n) is 11.5. The van der Waals surface area contributed by atoms with Gasteiger partial charge in [-0.05, 0) is 32.2 Å². The summed E-state index contributed by atoms with van der Waals surface area (Å²) in [4.78, 5) is 0.299. The second-order valence-corrected chi connectivity index (χ2v) is 6.76. The molecule has 1 fully saturated rings. The van der Waals surface area contributed by atoms with Crippen molar-refractivity contribution in [3.05, 3.63) is 11.4 Å². The van der Waals surface area contributed by atoms with Crippen LogP contribution in [0, 0.1) is 12.8 Å². The maximum absolute atomic E-state index is 12.3. The lowest BCUT2D eigenvalue weighted by molar-refractivity contribution is 0.316. The molecule has 3 N–H and O–H groups in total. The van der Waals surface area contributed by atoms with Crippen molar-refractivity contribution in [2.75, 3.05) is 13.1 Å². The van der Waals surface area contributed by atoms with Crippen molar-refractivity contribution in [1.29, 1.82) is 0 Å². The van der Waals surface area contributed by atoms with Crippen LogP contribution >= 0.6 is 0 Å². The van der Waals surface area contributed by atoms with Crippen molar-refractivity contribution in [1.82, 2.24) is 20.2 Å². The van der Waals surface area contributed by atoms with Gasteiger partial charge in [0, 0.05) is 13.1 Å². The Labute approximate surface area is 114 Å². The minimum Gasteiger partial charge on any atom is -0.311 e. The number of sulfonamides is 1. The second-order valence-electron chi connectivity index (χ2n) is 5.05. The van der Waals surface area contributed by atoms with E-state index in [1.165, 1.54) is 6.42 Å². The number of aromatic nitrogens is 2. The third kappa shape index (κ3) is 3.34. The fourth-order valence-electron chi connectivity index (χ4n) is 2.19. The van der Waals surface area contributed by atoms with Gasteiger partial charge in [0.15, 0.2) is 0 Å². The maximum Gasteiger partial charge on any atom is 0.244 e. The second kappa shape index (κ2) is 6.02. The molecule has 1 aromatic heterocycles. The van der Waals surface area contributed by atoms with Crippen LogP contribution in [-0.4, -0.2) is 31.7 Å². The summed E-state index contributed by atoms with van der Waals surface area (Å²) in [7, 11) is -3.46. The van der Waals surface area contributed by atoms with E-state index in [4.69, 9.17) is 0 Å². The minimum atomic E-state index is -3.46. The molecular formula is C12H22N4O2S. The van der Waals surface area contributed by atoms with Crippen LogP contribution in [0.3, 0.4) is 0 Å². The highest BCUT2D eigenvalue weighted by Gasteiger charge is 2.26. The Balaban J connectivity index is 2.11. The van der Waals surface area contributed by atoms with Crippen LogP contribution < -0.4 is 10.0 Å². The zero-order valence-corrected chi connectivity index (χ0v) is 12.3. The van der Waals surface area contributed by atoms with E-state index in [1.54, 1.807) is 6.92 Å². The molecule has 0 saturated heterocycles. The summed E-state index contributed by atoms with van der Waals surface area (Å²) in [6.07, 6.45) is 3.46. The molecule has 1 saturated carbocycles. The fraction of sp³-hybridized carbons (Fsp3) is 0.750. The topological polar surface area (TPSA) is 86.9 Å². The highest BCUT2D eigenvalue weighted by Crippen LogP contribution is 2.26. The van der Waals surface area contributed by atoms with E-state index < -0.39 is 10.0 Å². The maximum atomic E-state index is 12.3. The predicted molar refractivity (Wildman–Crippen MR) is 73.2 cm³/mol. The van der Waals surface area contributed by atoms with E-state index in [0.717, 1.165) is 19.4 Å². The zero-order chi connectivity index (χ0) is 13.9. The molecule has 0 amide bonds. The first-order valence-electron chi connectivity index (χ1n) is 6.78. The first-order valence-corrected chi connectivity index (χ1v) is 8.27. The van der Waals surface area contributed by atoms with Gasteiger partial charge in [0.05, 0.1) is 11.4 Å². The monoisotopic (exact) mass is 286 g/mol. The number of hydrogen-bond acceptors (Lipinski definition) is 4. The van der Waals surface area contributed by atoms with Gasteiger partial charge >= 0.3 is 0 Å². The van der Waals surface area contributed by atoms with Crippen LogP contribution in [0.5, 0.6) is 0 Å². The van der Waals surface area contributed by atoms with Gasteiger partial charge in [0.1, 0.15) is 4.90 Å². The van der Waals surface area contributed by atoms with Crippen molar-refractivity contribution < 1.29 is 8.42 Å². The fourth-order valence-corrected chi connectivity index (χ4v) is 3.66. The van der Waals surface area contributed by atoms with Crippen LogP contribution in [-0.2, 0) is 16.6 Å². The molecule has 0 bridgehead atoms. The third-order valence-corrected chi connectivity index (χ3v) is 5.19. The lowest BCUT2D eigenvalue weighted by Crippen LogP contribution is -2.33. The van der Waals surface area contributed by atoms with Crippen LogP contribution in [0.1, 0.15) is 37.6 Å². The van der Waals surface area contributed by atoms with Crippen LogP contribution in [0.4, 0.5) is 0 Å². The van der Waals surface area contributed by atoms with Gasteiger partial charge in [-0.25, -0.2) is 13.1 Å². The average molecular weight is 286 g/mol. The molecule has 1 heterocycles. The average Bonchev–Trinajstić information content (AvgIpc) is 2.66. The first-order chi connectivity index (χ1) is 9.04. The Hall–Kier alpha value is -0.920. The molecule has 0 spiro atoms. The third-order valence-electron chi connectivity index (χ3n) is 3.56. The van der Waals surface area contributed by atoms with Gasteiger partial charge in [0.25, 0.3) is 0 Å². The normalized spacial score (nSPS) is 16.5. The van der Waals surface area contributed by atoms with E-state index >= 15 is 0 Å². The molecule has 108 valence electrons. The van der Waals surface area contributed by atoms with E-state index in [9.17, 15) is 8.42 Å². The molecule has 0 radical (unpaired) electrons. The number of H-pyrrole nitrogens is 1. The summed E-state index contributed by atoms with van der Waals surface area (Å²) >= 11 is 0. The standard InChI is InChI=1S/C12H22N4O2S/c1-3-13-8-11-12(9(2)15-16-11)19(17,18)14-7-10-5-4-6-10/h10,13-14H,3-8H2,1-2H3,(H,15,16). The van der Waals surface area contributed by atoms with Crippen LogP contribution in [0.2, 0.25) is 0 Å². The number of nitrogens with one attached hydrogen (secondary N) is 3. The Bertz CT molecular complexity index is 520. The van der Waals surface area contributed by atoms with Crippen LogP contribution in [0.15, 0.2) is 4.90 Å². The quantitative estimate of drug-likeness (QED) is 0.695. The van der Waals surface area contributed by atoms with Crippen molar-refractivity contribution >= 4 is 10.0 Å². The molecule has 0 aromatic carbocycles. The molecule has 2 rings (SSSR count). The molecule has 19 heavy (non-hydrogen) atoms. The largest absolute Gasteiger partial charge is 0.311 e. The molecular weight excluding hydrogens is 264 g/mol. The highest BCUT2D eigenvalue weighted by molar-refractivity contribution is 7.89. The minimum absolute atomic E-state index is 0.299. The van der Waals surface area contributed by atoms with E-state index in [0.29, 0.717) is 35.3 Å². The Morgan fingerprint density at radius 3 is 2.74 bits per heavy atom. The first kappa shape index (κ1) is 14.5. The highest BCUT2D eigenvalue weighted by atomic mass is 32.2. The molecule has 1 aliphatic carbocycles. The van der Waals surface area contributed by atoms with Gasteiger partial charge in [-0.2, -0.15) is 5.10 Å². The van der Waals surface area contributed by atoms with Crippen LogP contribution in [0.25, 0.3) is 0 Å². The molecule has 0 unspecified atom stereocenters. The van der Waals surface area contributed by atoms with Gasteiger partial charge in [-0.3, -0.25) is 5.10 Å². The molecule has 1 aromatic rings. The molecule has 6 nitrogen and oxygen atoms in total. The number of aryl methyl sites for hydroxylation is 1. The van der Waals surface area contributed by atoms with Crippen molar-refractivity contribution in [2.45, 2.75) is 44.6 Å². The molecule has 0 aliphatic heterocycles. The summed E-state index contributed by atoms with van der Waals surface area (Å²) in [5.41, 5.74) is 1.15. The van der Waals surface area contributed by atoms with Crippen molar-refractivity contribution in [2.24, 2.45) is 5.92 Å². The molecule has 1 aliphatic rings. The number of rotatable bonds is 7. The SMILES string of the molecule is CCNCc1n[nH]c(C)c1S(=O)(=O)NCC1CCC1. The van der Waals surface area contributed by atoms with Gasteiger partial charge in [0.2, 0.25) is 10.0 Å². The Morgan fingerprint density at radius 1 is 1.42 bits per heavy atom. The lowest BCUT2D eigenvalue weighted by Gasteiger charge is -2.25. The van der Waals surface area contributed by atoms with Gasteiger partial charge in [-0.15, -0.1) is 0 Å². The van der Waals surface area contributed by atoms with Gasteiger partial charge < -0.3 is 5.32 Å². The lowest BCUT2D eigenvalue weighted by atomic mass is 9.86. The molecule has 0 atom stereocenters. The van der Waals surface area contributed by atoms with Crippen molar-refractivity contribution in [3.8, 4) is 0 Å². The summed E-state index contributed by atoms with van der Waals surface area (Å²) < 4.78 is 27.4.